The Kier molecular flexibility index (Phi) is 2.74. The minimum absolute atomic E-state index is 0.213. The molecule has 1 saturated heterocycles. The molecule has 0 radical (unpaired) electrons. The van der Waals surface area contributed by atoms with E-state index in [9.17, 15) is 0 Å². The number of anilines is 1. The molecular weight excluding hydrogens is 240 g/mol. The average Bonchev–Trinajstić information content (AvgIpc) is 2.83. The Labute approximate surface area is 112 Å². The topological polar surface area (TPSA) is 66.0 Å². The zero-order valence-electron chi connectivity index (χ0n) is 11.9. The summed E-state index contributed by atoms with van der Waals surface area (Å²) < 4.78 is 7.98. The summed E-state index contributed by atoms with van der Waals surface area (Å²) >= 11 is 0. The first kappa shape index (κ1) is 12.4. The average molecular weight is 260 g/mol. The van der Waals surface area contributed by atoms with E-state index in [1.807, 2.05) is 6.92 Å². The molecule has 102 valence electrons. The third-order valence-corrected chi connectivity index (χ3v) is 4.20. The molecule has 2 atom stereocenters. The molecule has 0 bridgehead atoms. The first-order valence-electron chi connectivity index (χ1n) is 6.73. The molecule has 5 heteroatoms. The highest BCUT2D eigenvalue weighted by Crippen LogP contribution is 2.35. The third-order valence-electron chi connectivity index (χ3n) is 4.20. The van der Waals surface area contributed by atoms with Crippen LogP contribution in [0.5, 0.6) is 0 Å². The molecule has 0 spiro atoms. The van der Waals surface area contributed by atoms with Gasteiger partial charge in [0.15, 0.2) is 0 Å². The number of aromatic nitrogens is 3. The van der Waals surface area contributed by atoms with E-state index in [2.05, 4.69) is 35.3 Å². The number of nitrogens with two attached hydrogens (primary N) is 1. The second-order valence-corrected chi connectivity index (χ2v) is 5.37. The van der Waals surface area contributed by atoms with Gasteiger partial charge in [-0.2, -0.15) is 0 Å². The summed E-state index contributed by atoms with van der Waals surface area (Å²) in [5, 5.41) is 0.988. The molecule has 1 fully saturated rings. The van der Waals surface area contributed by atoms with Gasteiger partial charge in [0.1, 0.15) is 17.3 Å². The van der Waals surface area contributed by atoms with Crippen molar-refractivity contribution in [2.24, 2.45) is 0 Å². The summed E-state index contributed by atoms with van der Waals surface area (Å²) in [6, 6.07) is 0.338. The zero-order chi connectivity index (χ0) is 13.7. The van der Waals surface area contributed by atoms with Crippen LogP contribution >= 0.6 is 0 Å². The van der Waals surface area contributed by atoms with Gasteiger partial charge in [-0.15, -0.1) is 0 Å². The summed E-state index contributed by atoms with van der Waals surface area (Å²) in [7, 11) is 0. The van der Waals surface area contributed by atoms with E-state index in [1.54, 1.807) is 0 Å². The van der Waals surface area contributed by atoms with Crippen molar-refractivity contribution in [2.75, 3.05) is 12.3 Å². The van der Waals surface area contributed by atoms with Gasteiger partial charge in [-0.25, -0.2) is 9.97 Å². The van der Waals surface area contributed by atoms with Gasteiger partial charge in [0.2, 0.25) is 0 Å². The van der Waals surface area contributed by atoms with E-state index in [0.29, 0.717) is 11.9 Å². The second-order valence-electron chi connectivity index (χ2n) is 5.37. The largest absolute Gasteiger partial charge is 0.383 e. The van der Waals surface area contributed by atoms with Crippen LogP contribution in [-0.2, 0) is 4.74 Å². The van der Waals surface area contributed by atoms with Crippen molar-refractivity contribution in [3.05, 3.63) is 17.1 Å². The Bertz CT molecular complexity index is 647. The van der Waals surface area contributed by atoms with Crippen LogP contribution in [-0.4, -0.2) is 27.2 Å². The maximum absolute atomic E-state index is 6.08. The van der Waals surface area contributed by atoms with E-state index in [1.165, 1.54) is 11.3 Å². The van der Waals surface area contributed by atoms with Gasteiger partial charge in [-0.3, -0.25) is 0 Å². The normalized spacial score (nSPS) is 23.4. The van der Waals surface area contributed by atoms with Gasteiger partial charge in [0, 0.05) is 12.3 Å². The van der Waals surface area contributed by atoms with Crippen molar-refractivity contribution in [1.29, 1.82) is 0 Å². The standard InChI is InChI=1S/C14H20N4O/c1-7-8(2)18(11-5-6-19-9(11)3)14-12(7)13(15)16-10(4)17-14/h9,11H,5-6H2,1-4H3,(H2,15,16,17). The van der Waals surface area contributed by atoms with Gasteiger partial charge < -0.3 is 15.0 Å². The van der Waals surface area contributed by atoms with Crippen LogP contribution in [0.3, 0.4) is 0 Å². The molecule has 3 heterocycles. The summed E-state index contributed by atoms with van der Waals surface area (Å²) in [6.45, 7) is 9.02. The monoisotopic (exact) mass is 260 g/mol. The van der Waals surface area contributed by atoms with Gasteiger partial charge in [0.25, 0.3) is 0 Å². The molecule has 5 nitrogen and oxygen atoms in total. The second kappa shape index (κ2) is 4.20. The molecule has 19 heavy (non-hydrogen) atoms. The first-order chi connectivity index (χ1) is 9.00. The molecule has 0 amide bonds. The van der Waals surface area contributed by atoms with Gasteiger partial charge >= 0.3 is 0 Å². The predicted octanol–water partition coefficient (Wildman–Crippen LogP) is 2.29. The number of ether oxygens (including phenoxy) is 1. The summed E-state index contributed by atoms with van der Waals surface area (Å²) in [5.74, 6) is 1.30. The minimum Gasteiger partial charge on any atom is -0.383 e. The first-order valence-corrected chi connectivity index (χ1v) is 6.73. The molecule has 1 aliphatic heterocycles. The fraction of sp³-hybridized carbons (Fsp3) is 0.571. The number of nitrogens with zero attached hydrogens (tertiary/aromatic N) is 3. The fourth-order valence-electron chi connectivity index (χ4n) is 3.10. The Morgan fingerprint density at radius 2 is 2.00 bits per heavy atom. The number of hydrogen-bond donors (Lipinski definition) is 1. The van der Waals surface area contributed by atoms with E-state index < -0.39 is 0 Å². The third kappa shape index (κ3) is 1.72. The lowest BCUT2D eigenvalue weighted by atomic mass is 10.1. The highest BCUT2D eigenvalue weighted by molar-refractivity contribution is 5.91. The van der Waals surface area contributed by atoms with Crippen molar-refractivity contribution in [3.63, 3.8) is 0 Å². The molecule has 0 aliphatic carbocycles. The zero-order valence-corrected chi connectivity index (χ0v) is 11.9. The lowest BCUT2D eigenvalue weighted by molar-refractivity contribution is 0.108. The van der Waals surface area contributed by atoms with Gasteiger partial charge in [0.05, 0.1) is 17.5 Å². The summed E-state index contributed by atoms with van der Waals surface area (Å²) in [6.07, 6.45) is 1.24. The molecule has 0 aromatic carbocycles. The molecule has 2 N–H and O–H groups in total. The van der Waals surface area contributed by atoms with Crippen molar-refractivity contribution in [1.82, 2.24) is 14.5 Å². The Morgan fingerprint density at radius 3 is 2.63 bits per heavy atom. The van der Waals surface area contributed by atoms with Gasteiger partial charge in [-0.05, 0) is 39.7 Å². The number of nitrogen functional groups attached to an aromatic ring is 1. The quantitative estimate of drug-likeness (QED) is 0.854. The number of hydrogen-bond acceptors (Lipinski definition) is 4. The fourth-order valence-corrected chi connectivity index (χ4v) is 3.10. The molecular formula is C14H20N4O. The number of aryl methyl sites for hydroxylation is 2. The van der Waals surface area contributed by atoms with E-state index in [4.69, 9.17) is 10.5 Å². The van der Waals surface area contributed by atoms with Crippen molar-refractivity contribution >= 4 is 16.9 Å². The Hall–Kier alpha value is -1.62. The molecule has 2 unspecified atom stereocenters. The van der Waals surface area contributed by atoms with Crippen molar-refractivity contribution in [2.45, 2.75) is 46.3 Å². The molecule has 1 aliphatic rings. The van der Waals surface area contributed by atoms with Gasteiger partial charge in [-0.1, -0.05) is 0 Å². The lowest BCUT2D eigenvalue weighted by Crippen LogP contribution is -2.18. The van der Waals surface area contributed by atoms with Crippen molar-refractivity contribution in [3.8, 4) is 0 Å². The highest BCUT2D eigenvalue weighted by Gasteiger charge is 2.30. The lowest BCUT2D eigenvalue weighted by Gasteiger charge is -2.19. The molecule has 3 rings (SSSR count). The van der Waals surface area contributed by atoms with Crippen LogP contribution in [0.1, 0.15) is 36.5 Å². The van der Waals surface area contributed by atoms with E-state index in [0.717, 1.165) is 29.9 Å². The Balaban J connectivity index is 2.32. The maximum atomic E-state index is 6.08. The Morgan fingerprint density at radius 1 is 1.26 bits per heavy atom. The highest BCUT2D eigenvalue weighted by atomic mass is 16.5. The van der Waals surface area contributed by atoms with Crippen LogP contribution in [0.15, 0.2) is 0 Å². The number of rotatable bonds is 1. The van der Waals surface area contributed by atoms with Crippen LogP contribution in [0.2, 0.25) is 0 Å². The van der Waals surface area contributed by atoms with Crippen LogP contribution in [0.4, 0.5) is 5.82 Å². The van der Waals surface area contributed by atoms with Crippen molar-refractivity contribution < 1.29 is 4.74 Å². The van der Waals surface area contributed by atoms with Crippen LogP contribution in [0, 0.1) is 20.8 Å². The minimum atomic E-state index is 0.213. The smallest absolute Gasteiger partial charge is 0.146 e. The SMILES string of the molecule is Cc1nc(N)c2c(C)c(C)n(C3CCOC3C)c2n1. The maximum Gasteiger partial charge on any atom is 0.146 e. The summed E-state index contributed by atoms with van der Waals surface area (Å²) in [5.41, 5.74) is 9.41. The summed E-state index contributed by atoms with van der Waals surface area (Å²) in [4.78, 5) is 8.90. The molecule has 2 aromatic rings. The molecule has 2 aromatic heterocycles. The molecule has 0 saturated carbocycles. The number of fused-ring (bicyclic) bond motifs is 1. The predicted molar refractivity (Wildman–Crippen MR) is 75.2 cm³/mol. The van der Waals surface area contributed by atoms with Crippen LogP contribution in [0.25, 0.3) is 11.0 Å². The van der Waals surface area contributed by atoms with E-state index >= 15 is 0 Å². The van der Waals surface area contributed by atoms with E-state index in [-0.39, 0.29) is 6.10 Å². The van der Waals surface area contributed by atoms with Crippen LogP contribution < -0.4 is 5.73 Å².